The van der Waals surface area contributed by atoms with Gasteiger partial charge in [-0.1, -0.05) is 0 Å². The smallest absolute Gasteiger partial charge is 0.346 e. The van der Waals surface area contributed by atoms with Crippen molar-refractivity contribution in [2.24, 2.45) is 0 Å². The van der Waals surface area contributed by atoms with E-state index in [-0.39, 0.29) is 37.1 Å². The summed E-state index contributed by atoms with van der Waals surface area (Å²) in [7, 11) is 0. The molecule has 0 spiro atoms. The van der Waals surface area contributed by atoms with Crippen molar-refractivity contribution in [1.82, 2.24) is 0 Å². The molecule has 0 heterocycles. The summed E-state index contributed by atoms with van der Waals surface area (Å²) in [4.78, 5) is 21.7. The number of carboxylic acids is 1. The van der Waals surface area contributed by atoms with E-state index in [9.17, 15) is 20.0 Å². The van der Waals surface area contributed by atoms with Crippen LogP contribution in [-0.4, -0.2) is 35.8 Å². The number of hydrogen-bond donors (Lipinski definition) is 1. The molecule has 0 radical (unpaired) electrons. The van der Waals surface area contributed by atoms with Crippen molar-refractivity contribution in [3.8, 4) is 17.2 Å². The van der Waals surface area contributed by atoms with E-state index >= 15 is 0 Å². The zero-order chi connectivity index (χ0) is 16.0. The van der Waals surface area contributed by atoms with Crippen molar-refractivity contribution < 1.29 is 29.0 Å². The zero-order valence-electron chi connectivity index (χ0n) is 12.0. The number of ether oxygens (including phenoxy) is 3. The Kier molecular flexibility index (Phi) is 5.77. The first-order valence-corrected chi connectivity index (χ1v) is 6.44. The molecule has 1 aromatic rings. The van der Waals surface area contributed by atoms with E-state index < -0.39 is 22.1 Å². The average Bonchev–Trinajstić information content (AvgIpc) is 2.41. The Morgan fingerprint density at radius 3 is 2.10 bits per heavy atom. The van der Waals surface area contributed by atoms with Gasteiger partial charge in [0.1, 0.15) is 0 Å². The van der Waals surface area contributed by atoms with E-state index in [0.29, 0.717) is 0 Å². The van der Waals surface area contributed by atoms with Gasteiger partial charge < -0.3 is 19.3 Å². The minimum atomic E-state index is -1.46. The molecule has 116 valence electrons. The second kappa shape index (κ2) is 7.32. The van der Waals surface area contributed by atoms with E-state index in [4.69, 9.17) is 14.2 Å². The highest BCUT2D eigenvalue weighted by Crippen LogP contribution is 2.45. The van der Waals surface area contributed by atoms with Crippen LogP contribution in [0, 0.1) is 10.1 Å². The molecule has 0 fully saturated rings. The van der Waals surface area contributed by atoms with E-state index in [1.807, 2.05) is 0 Å². The van der Waals surface area contributed by atoms with Gasteiger partial charge in [-0.25, -0.2) is 4.79 Å². The number of nitro groups is 1. The van der Waals surface area contributed by atoms with Crippen LogP contribution in [0.4, 0.5) is 5.69 Å². The lowest BCUT2D eigenvalue weighted by Crippen LogP contribution is -2.11. The first kappa shape index (κ1) is 16.5. The number of carboxylic acid groups (broad SMARTS) is 1. The molecule has 21 heavy (non-hydrogen) atoms. The molecule has 1 rings (SSSR count). The first-order chi connectivity index (χ1) is 9.97. The largest absolute Gasteiger partial charge is 0.490 e. The number of nitrogens with zero attached hydrogens (tertiary/aromatic N) is 1. The summed E-state index contributed by atoms with van der Waals surface area (Å²) in [6, 6.07) is 1.04. The van der Waals surface area contributed by atoms with Crippen LogP contribution in [0.3, 0.4) is 0 Å². The number of rotatable bonds is 8. The Morgan fingerprint density at radius 1 is 1.14 bits per heavy atom. The number of benzene rings is 1. The zero-order valence-corrected chi connectivity index (χ0v) is 12.0. The number of aromatic carboxylic acids is 1. The normalized spacial score (nSPS) is 10.0. The first-order valence-electron chi connectivity index (χ1n) is 6.44. The van der Waals surface area contributed by atoms with E-state index in [0.717, 1.165) is 6.07 Å². The van der Waals surface area contributed by atoms with Crippen LogP contribution in [0.2, 0.25) is 0 Å². The molecule has 0 amide bonds. The van der Waals surface area contributed by atoms with E-state index in [1.165, 1.54) is 0 Å². The highest BCUT2D eigenvalue weighted by atomic mass is 16.6. The number of nitro benzene ring substituents is 1. The molecular formula is C13H17NO7. The van der Waals surface area contributed by atoms with Gasteiger partial charge in [0.05, 0.1) is 30.8 Å². The van der Waals surface area contributed by atoms with Gasteiger partial charge in [-0.05, 0) is 20.8 Å². The Labute approximate surface area is 121 Å². The molecule has 8 heteroatoms. The fourth-order valence-corrected chi connectivity index (χ4v) is 1.78. The molecule has 0 aromatic heterocycles. The van der Waals surface area contributed by atoms with Crippen LogP contribution in [0.25, 0.3) is 0 Å². The Balaban J connectivity index is 3.69. The average molecular weight is 299 g/mol. The molecule has 8 nitrogen and oxygen atoms in total. The summed E-state index contributed by atoms with van der Waals surface area (Å²) in [6.45, 7) is 5.65. The Hall–Kier alpha value is -2.51. The third kappa shape index (κ3) is 3.53. The van der Waals surface area contributed by atoms with Gasteiger partial charge in [0.25, 0.3) is 5.69 Å². The molecule has 0 aliphatic rings. The summed E-state index contributed by atoms with van der Waals surface area (Å²) < 4.78 is 15.9. The second-order valence-corrected chi connectivity index (χ2v) is 3.79. The minimum Gasteiger partial charge on any atom is -0.490 e. The topological polar surface area (TPSA) is 108 Å². The molecule has 0 unspecified atom stereocenters. The summed E-state index contributed by atoms with van der Waals surface area (Å²) in [5, 5.41) is 20.4. The van der Waals surface area contributed by atoms with Crippen LogP contribution >= 0.6 is 0 Å². The monoisotopic (exact) mass is 299 g/mol. The maximum atomic E-state index is 11.4. The van der Waals surface area contributed by atoms with Gasteiger partial charge in [-0.15, -0.1) is 0 Å². The minimum absolute atomic E-state index is 0.0594. The fraction of sp³-hybridized carbons (Fsp3) is 0.462. The van der Waals surface area contributed by atoms with Gasteiger partial charge >= 0.3 is 5.97 Å². The van der Waals surface area contributed by atoms with Crippen molar-refractivity contribution in [3.05, 3.63) is 21.7 Å². The van der Waals surface area contributed by atoms with Crippen molar-refractivity contribution in [1.29, 1.82) is 0 Å². The predicted octanol–water partition coefficient (Wildman–Crippen LogP) is 2.49. The molecule has 0 atom stereocenters. The van der Waals surface area contributed by atoms with Gasteiger partial charge in [-0.2, -0.15) is 0 Å². The number of hydrogen-bond acceptors (Lipinski definition) is 6. The molecule has 0 bridgehead atoms. The lowest BCUT2D eigenvalue weighted by Gasteiger charge is -2.17. The highest BCUT2D eigenvalue weighted by Gasteiger charge is 2.32. The standard InChI is InChI=1S/C13H17NO7/c1-4-19-9-7-8(14(17)18)10(13(15)16)12(21-6-3)11(9)20-5-2/h7H,4-6H2,1-3H3,(H,15,16). The summed E-state index contributed by atoms with van der Waals surface area (Å²) in [6.07, 6.45) is 0. The number of carbonyl (C=O) groups is 1. The third-order valence-electron chi connectivity index (χ3n) is 2.47. The summed E-state index contributed by atoms with van der Waals surface area (Å²) in [5.41, 5.74) is -1.15. The molecule has 1 aromatic carbocycles. The van der Waals surface area contributed by atoms with Gasteiger partial charge in [0.15, 0.2) is 17.1 Å². The molecule has 0 aliphatic carbocycles. The van der Waals surface area contributed by atoms with Crippen molar-refractivity contribution in [2.45, 2.75) is 20.8 Å². The van der Waals surface area contributed by atoms with E-state index in [2.05, 4.69) is 0 Å². The maximum Gasteiger partial charge on any atom is 0.346 e. The molecule has 0 aliphatic heterocycles. The van der Waals surface area contributed by atoms with Gasteiger partial charge in [0, 0.05) is 0 Å². The van der Waals surface area contributed by atoms with Gasteiger partial charge in [0.2, 0.25) is 5.75 Å². The van der Waals surface area contributed by atoms with Gasteiger partial charge in [-0.3, -0.25) is 10.1 Å². The quantitative estimate of drug-likeness (QED) is 0.580. The van der Waals surface area contributed by atoms with Crippen LogP contribution in [0.5, 0.6) is 17.2 Å². The van der Waals surface area contributed by atoms with Crippen molar-refractivity contribution >= 4 is 11.7 Å². The SMILES string of the molecule is CCOc1cc([N+](=O)[O-])c(C(=O)O)c(OCC)c1OCC. The van der Waals surface area contributed by atoms with E-state index in [1.54, 1.807) is 20.8 Å². The summed E-state index contributed by atoms with van der Waals surface area (Å²) in [5.74, 6) is -1.51. The summed E-state index contributed by atoms with van der Waals surface area (Å²) >= 11 is 0. The van der Waals surface area contributed by atoms with Crippen LogP contribution in [-0.2, 0) is 0 Å². The van der Waals surface area contributed by atoms with Crippen LogP contribution in [0.15, 0.2) is 6.07 Å². The van der Waals surface area contributed by atoms with Crippen molar-refractivity contribution in [2.75, 3.05) is 19.8 Å². The fourth-order valence-electron chi connectivity index (χ4n) is 1.78. The Bertz CT molecular complexity index is 542. The Morgan fingerprint density at radius 2 is 1.67 bits per heavy atom. The second-order valence-electron chi connectivity index (χ2n) is 3.79. The lowest BCUT2D eigenvalue weighted by atomic mass is 10.1. The van der Waals surface area contributed by atoms with Crippen LogP contribution in [0.1, 0.15) is 31.1 Å². The lowest BCUT2D eigenvalue weighted by molar-refractivity contribution is -0.385. The third-order valence-corrected chi connectivity index (χ3v) is 2.47. The molecule has 0 saturated heterocycles. The highest BCUT2D eigenvalue weighted by molar-refractivity contribution is 5.97. The maximum absolute atomic E-state index is 11.4. The predicted molar refractivity (Wildman–Crippen MR) is 73.6 cm³/mol. The molecular weight excluding hydrogens is 282 g/mol. The van der Waals surface area contributed by atoms with Crippen LogP contribution < -0.4 is 14.2 Å². The molecule has 0 saturated carbocycles. The van der Waals surface area contributed by atoms with Crippen molar-refractivity contribution in [3.63, 3.8) is 0 Å². The molecule has 1 N–H and O–H groups in total.